The maximum atomic E-state index is 13.1. The minimum Gasteiger partial charge on any atom is -0.322 e. The van der Waals surface area contributed by atoms with Gasteiger partial charge >= 0.3 is 6.03 Å². The summed E-state index contributed by atoms with van der Waals surface area (Å²) < 4.78 is 13.1. The molecule has 0 spiro atoms. The Labute approximate surface area is 164 Å². The summed E-state index contributed by atoms with van der Waals surface area (Å²) >= 11 is 5.94. The average Bonchev–Trinajstić information content (AvgIpc) is 2.66. The van der Waals surface area contributed by atoms with E-state index in [4.69, 9.17) is 11.6 Å². The van der Waals surface area contributed by atoms with Gasteiger partial charge in [-0.15, -0.1) is 0 Å². The number of amides is 2. The predicted molar refractivity (Wildman–Crippen MR) is 108 cm³/mol. The third-order valence-electron chi connectivity index (χ3n) is 4.95. The van der Waals surface area contributed by atoms with E-state index in [1.54, 1.807) is 17.0 Å². The summed E-state index contributed by atoms with van der Waals surface area (Å²) in [6, 6.07) is 13.8. The molecule has 1 aliphatic rings. The number of nitrogens with zero attached hydrogens (tertiary/aromatic N) is 1. The molecule has 144 valence electrons. The Morgan fingerprint density at radius 3 is 2.59 bits per heavy atom. The second-order valence-electron chi connectivity index (χ2n) is 6.90. The van der Waals surface area contributed by atoms with E-state index in [1.165, 1.54) is 12.1 Å². The zero-order valence-corrected chi connectivity index (χ0v) is 16.2. The molecule has 6 heteroatoms. The van der Waals surface area contributed by atoms with Crippen LogP contribution in [0.5, 0.6) is 0 Å². The van der Waals surface area contributed by atoms with Crippen LogP contribution in [0.25, 0.3) is 0 Å². The van der Waals surface area contributed by atoms with Crippen molar-refractivity contribution in [3.8, 4) is 0 Å². The molecule has 1 aliphatic heterocycles. The minimum atomic E-state index is -0.212. The largest absolute Gasteiger partial charge is 0.323 e. The number of rotatable bonds is 5. The first-order valence-corrected chi connectivity index (χ1v) is 9.74. The summed E-state index contributed by atoms with van der Waals surface area (Å²) in [7, 11) is 0. The minimum absolute atomic E-state index is 0.0713. The van der Waals surface area contributed by atoms with Gasteiger partial charge in [-0.2, -0.15) is 0 Å². The van der Waals surface area contributed by atoms with Crippen LogP contribution in [0.4, 0.5) is 14.9 Å². The SMILES string of the molecule is CCN(C(=O)N[C@@H]1C[C@@H](Cc2ccc(F)cc2)CCN1)c1ccc(Cl)cc1. The number of carbonyl (C=O) groups is 1. The summed E-state index contributed by atoms with van der Waals surface area (Å²) in [5, 5.41) is 7.11. The highest BCUT2D eigenvalue weighted by atomic mass is 35.5. The van der Waals surface area contributed by atoms with E-state index in [0.29, 0.717) is 17.5 Å². The average molecular weight is 390 g/mol. The molecule has 2 aromatic rings. The number of benzene rings is 2. The van der Waals surface area contributed by atoms with E-state index >= 15 is 0 Å². The summed E-state index contributed by atoms with van der Waals surface area (Å²) in [5.74, 6) is 0.240. The molecule has 1 heterocycles. The quantitative estimate of drug-likeness (QED) is 0.785. The van der Waals surface area contributed by atoms with Gasteiger partial charge in [-0.25, -0.2) is 9.18 Å². The van der Waals surface area contributed by atoms with E-state index in [1.807, 2.05) is 31.2 Å². The molecule has 2 aromatic carbocycles. The molecule has 0 saturated carbocycles. The highest BCUT2D eigenvalue weighted by Gasteiger charge is 2.25. The van der Waals surface area contributed by atoms with Crippen molar-refractivity contribution in [1.82, 2.24) is 10.6 Å². The van der Waals surface area contributed by atoms with Crippen molar-refractivity contribution in [3.05, 3.63) is 64.9 Å². The lowest BCUT2D eigenvalue weighted by Crippen LogP contribution is -2.54. The molecule has 2 N–H and O–H groups in total. The second kappa shape index (κ2) is 9.20. The van der Waals surface area contributed by atoms with Crippen LogP contribution in [0.1, 0.15) is 25.3 Å². The van der Waals surface area contributed by atoms with E-state index in [9.17, 15) is 9.18 Å². The summed E-state index contributed by atoms with van der Waals surface area (Å²) in [4.78, 5) is 14.4. The first-order chi connectivity index (χ1) is 13.0. The van der Waals surface area contributed by atoms with E-state index in [0.717, 1.165) is 37.1 Å². The number of hydrogen-bond acceptors (Lipinski definition) is 2. The Hall–Kier alpha value is -2.11. The van der Waals surface area contributed by atoms with Crippen molar-refractivity contribution in [2.45, 2.75) is 32.4 Å². The number of hydrogen-bond donors (Lipinski definition) is 2. The van der Waals surface area contributed by atoms with Crippen molar-refractivity contribution in [2.75, 3.05) is 18.0 Å². The van der Waals surface area contributed by atoms with Gasteiger partial charge in [0, 0.05) is 17.3 Å². The van der Waals surface area contributed by atoms with Gasteiger partial charge in [0.15, 0.2) is 0 Å². The third kappa shape index (κ3) is 5.44. The van der Waals surface area contributed by atoms with Gasteiger partial charge in [0.05, 0.1) is 6.17 Å². The molecule has 27 heavy (non-hydrogen) atoms. The van der Waals surface area contributed by atoms with Crippen molar-refractivity contribution >= 4 is 23.3 Å². The van der Waals surface area contributed by atoms with Gasteiger partial charge in [0.25, 0.3) is 0 Å². The molecule has 1 fully saturated rings. The van der Waals surface area contributed by atoms with Gasteiger partial charge in [-0.1, -0.05) is 23.7 Å². The molecule has 0 aliphatic carbocycles. The van der Waals surface area contributed by atoms with Crippen LogP contribution in [0.15, 0.2) is 48.5 Å². The molecular formula is C21H25ClFN3O. The highest BCUT2D eigenvalue weighted by molar-refractivity contribution is 6.30. The van der Waals surface area contributed by atoms with E-state index < -0.39 is 0 Å². The smallest absolute Gasteiger partial charge is 0.322 e. The van der Waals surface area contributed by atoms with Crippen LogP contribution in [-0.4, -0.2) is 25.3 Å². The maximum absolute atomic E-state index is 13.1. The van der Waals surface area contributed by atoms with Crippen LogP contribution in [-0.2, 0) is 6.42 Å². The van der Waals surface area contributed by atoms with Crippen molar-refractivity contribution < 1.29 is 9.18 Å². The van der Waals surface area contributed by atoms with E-state index in [2.05, 4.69) is 10.6 Å². The monoisotopic (exact) mass is 389 g/mol. The molecular weight excluding hydrogens is 365 g/mol. The molecule has 3 rings (SSSR count). The van der Waals surface area contributed by atoms with Crippen LogP contribution in [0.2, 0.25) is 5.02 Å². The van der Waals surface area contributed by atoms with Crippen LogP contribution < -0.4 is 15.5 Å². The van der Waals surface area contributed by atoms with Gasteiger partial charge in [-0.05, 0) is 80.6 Å². The first-order valence-electron chi connectivity index (χ1n) is 9.36. The second-order valence-corrected chi connectivity index (χ2v) is 7.33. The molecule has 0 aromatic heterocycles. The van der Waals surface area contributed by atoms with Gasteiger partial charge in [0.2, 0.25) is 0 Å². The lowest BCUT2D eigenvalue weighted by atomic mass is 9.89. The number of halogens is 2. The van der Waals surface area contributed by atoms with Crippen molar-refractivity contribution in [3.63, 3.8) is 0 Å². The van der Waals surface area contributed by atoms with E-state index in [-0.39, 0.29) is 18.0 Å². The number of urea groups is 1. The summed E-state index contributed by atoms with van der Waals surface area (Å²) in [5.41, 5.74) is 1.95. The number of piperidine rings is 1. The fourth-order valence-corrected chi connectivity index (χ4v) is 3.66. The van der Waals surface area contributed by atoms with Crippen LogP contribution in [0, 0.1) is 11.7 Å². The molecule has 0 unspecified atom stereocenters. The Kier molecular flexibility index (Phi) is 6.69. The third-order valence-corrected chi connectivity index (χ3v) is 5.20. The fourth-order valence-electron chi connectivity index (χ4n) is 3.54. The molecule has 0 radical (unpaired) electrons. The molecule has 4 nitrogen and oxygen atoms in total. The zero-order chi connectivity index (χ0) is 19.2. The molecule has 2 atom stereocenters. The van der Waals surface area contributed by atoms with Crippen molar-refractivity contribution in [1.29, 1.82) is 0 Å². The Morgan fingerprint density at radius 2 is 1.93 bits per heavy atom. The number of carbonyl (C=O) groups excluding carboxylic acids is 1. The van der Waals surface area contributed by atoms with Crippen LogP contribution in [0.3, 0.4) is 0 Å². The Balaban J connectivity index is 1.58. The van der Waals surface area contributed by atoms with Gasteiger partial charge in [-0.3, -0.25) is 10.2 Å². The topological polar surface area (TPSA) is 44.4 Å². The summed E-state index contributed by atoms with van der Waals surface area (Å²) in [6.45, 7) is 3.36. The Morgan fingerprint density at radius 1 is 1.22 bits per heavy atom. The fraction of sp³-hybridized carbons (Fsp3) is 0.381. The summed E-state index contributed by atoms with van der Waals surface area (Å²) in [6.07, 6.45) is 2.71. The first kappa shape index (κ1) is 19.6. The lowest BCUT2D eigenvalue weighted by Gasteiger charge is -2.33. The lowest BCUT2D eigenvalue weighted by molar-refractivity contribution is 0.225. The van der Waals surface area contributed by atoms with Crippen molar-refractivity contribution in [2.24, 2.45) is 5.92 Å². The number of nitrogens with one attached hydrogen (secondary N) is 2. The Bertz CT molecular complexity index is 751. The molecule has 2 amide bonds. The molecule has 0 bridgehead atoms. The predicted octanol–water partition coefficient (Wildman–Crippen LogP) is 4.58. The van der Waals surface area contributed by atoms with Gasteiger partial charge in [0.1, 0.15) is 5.82 Å². The van der Waals surface area contributed by atoms with Crippen LogP contribution >= 0.6 is 11.6 Å². The number of anilines is 1. The highest BCUT2D eigenvalue weighted by Crippen LogP contribution is 2.22. The normalized spacial score (nSPS) is 19.5. The molecule has 1 saturated heterocycles. The standard InChI is InChI=1S/C21H25ClFN3O/c1-2-26(19-9-5-17(22)6-10-19)21(27)25-20-14-16(11-12-24-20)13-15-3-7-18(23)8-4-15/h3-10,16,20,24H,2,11-14H2,1H3,(H,25,27)/t16-,20-/m1/s1. The zero-order valence-electron chi connectivity index (χ0n) is 15.4. The maximum Gasteiger partial charge on any atom is 0.323 e. The van der Waals surface area contributed by atoms with Gasteiger partial charge < -0.3 is 5.32 Å².